The zero-order valence-corrected chi connectivity index (χ0v) is 11.2. The molecule has 1 amide bonds. The number of carbonyl (C=O) groups excluding carboxylic acids is 1. The number of oxazole rings is 1. The van der Waals surface area contributed by atoms with Gasteiger partial charge >= 0.3 is 0 Å². The van der Waals surface area contributed by atoms with Crippen LogP contribution >= 0.6 is 15.9 Å². The number of carbonyl (C=O) groups is 1. The van der Waals surface area contributed by atoms with Crippen molar-refractivity contribution < 1.29 is 9.21 Å². The highest BCUT2D eigenvalue weighted by Gasteiger charge is 2.17. The number of hydrogen-bond acceptors (Lipinski definition) is 4. The maximum Gasteiger partial charge on any atom is 0.294 e. The van der Waals surface area contributed by atoms with Crippen molar-refractivity contribution in [2.75, 3.05) is 5.32 Å². The highest BCUT2D eigenvalue weighted by atomic mass is 79.9. The fourth-order valence-corrected chi connectivity index (χ4v) is 1.92. The van der Waals surface area contributed by atoms with E-state index in [-0.39, 0.29) is 11.7 Å². The molecule has 0 radical (unpaired) electrons. The van der Waals surface area contributed by atoms with Crippen molar-refractivity contribution >= 4 is 27.7 Å². The fraction of sp³-hybridized carbons (Fsp3) is 0.300. The van der Waals surface area contributed by atoms with Crippen LogP contribution in [0.2, 0.25) is 0 Å². The molecule has 0 fully saturated rings. The topological polar surface area (TPSA) is 73.0 Å². The Kier molecular flexibility index (Phi) is 3.01. The lowest BCUT2D eigenvalue weighted by molar-refractivity contribution is 0.0993. The minimum Gasteiger partial charge on any atom is -0.436 e. The molecule has 0 aliphatic carbocycles. The van der Waals surface area contributed by atoms with Gasteiger partial charge in [0.15, 0.2) is 5.89 Å². The van der Waals surface area contributed by atoms with Gasteiger partial charge in [-0.1, -0.05) is 0 Å². The Hall–Kier alpha value is -1.63. The first-order valence-corrected chi connectivity index (χ1v) is 5.71. The average Bonchev–Trinajstić information content (AvgIpc) is 2.70. The molecule has 7 heteroatoms. The second kappa shape index (κ2) is 4.33. The molecular formula is C10H11BrN4O2. The van der Waals surface area contributed by atoms with Crippen molar-refractivity contribution in [2.24, 2.45) is 7.05 Å². The Morgan fingerprint density at radius 2 is 2.24 bits per heavy atom. The van der Waals surface area contributed by atoms with Gasteiger partial charge in [-0.25, -0.2) is 4.98 Å². The lowest BCUT2D eigenvalue weighted by atomic mass is 10.3. The number of nitrogens with one attached hydrogen (secondary N) is 1. The minimum atomic E-state index is -0.335. The average molecular weight is 299 g/mol. The maximum absolute atomic E-state index is 11.9. The number of hydrogen-bond donors (Lipinski definition) is 1. The van der Waals surface area contributed by atoms with Crippen LogP contribution in [0.5, 0.6) is 0 Å². The van der Waals surface area contributed by atoms with Crippen LogP contribution in [0.1, 0.15) is 22.1 Å². The lowest BCUT2D eigenvalue weighted by Gasteiger charge is -2.02. The summed E-state index contributed by atoms with van der Waals surface area (Å²) in [5.74, 6) is 0.938. The predicted octanol–water partition coefficient (Wildman–Crippen LogP) is 2.04. The standard InChI is InChI=1S/C10H11BrN4O2/c1-5-9(17-6(2)12-5)10(16)13-8-4-7(11)14-15(8)3/h4H,1-3H3,(H,13,16). The van der Waals surface area contributed by atoms with E-state index in [1.54, 1.807) is 31.6 Å². The maximum atomic E-state index is 11.9. The molecule has 6 nitrogen and oxygen atoms in total. The molecule has 0 spiro atoms. The van der Waals surface area contributed by atoms with Gasteiger partial charge in [0.05, 0.1) is 5.69 Å². The molecule has 0 saturated heterocycles. The zero-order valence-electron chi connectivity index (χ0n) is 9.61. The van der Waals surface area contributed by atoms with Gasteiger partial charge in [0, 0.05) is 20.0 Å². The molecule has 0 atom stereocenters. The molecule has 0 aliphatic heterocycles. The quantitative estimate of drug-likeness (QED) is 0.921. The van der Waals surface area contributed by atoms with E-state index >= 15 is 0 Å². The number of amides is 1. The third-order valence-electron chi connectivity index (χ3n) is 2.20. The molecule has 2 rings (SSSR count). The summed E-state index contributed by atoms with van der Waals surface area (Å²) in [5, 5.41) is 6.76. The number of rotatable bonds is 2. The van der Waals surface area contributed by atoms with Crippen molar-refractivity contribution in [1.29, 1.82) is 0 Å². The Balaban J connectivity index is 2.22. The summed E-state index contributed by atoms with van der Waals surface area (Å²) < 4.78 is 7.44. The van der Waals surface area contributed by atoms with E-state index < -0.39 is 0 Å². The molecule has 17 heavy (non-hydrogen) atoms. The fourth-order valence-electron chi connectivity index (χ4n) is 1.46. The van der Waals surface area contributed by atoms with Gasteiger partial charge in [0.2, 0.25) is 5.76 Å². The molecule has 1 N–H and O–H groups in total. The van der Waals surface area contributed by atoms with Gasteiger partial charge in [-0.15, -0.1) is 0 Å². The monoisotopic (exact) mass is 298 g/mol. The molecule has 2 heterocycles. The van der Waals surface area contributed by atoms with Crippen molar-refractivity contribution in [1.82, 2.24) is 14.8 Å². The summed E-state index contributed by atoms with van der Waals surface area (Å²) in [4.78, 5) is 16.0. The van der Waals surface area contributed by atoms with Crippen LogP contribution in [-0.2, 0) is 7.05 Å². The first kappa shape index (κ1) is 11.8. The first-order chi connectivity index (χ1) is 7.97. The molecule has 2 aromatic rings. The summed E-state index contributed by atoms with van der Waals surface area (Å²) in [5.41, 5.74) is 0.571. The van der Waals surface area contributed by atoms with Crippen molar-refractivity contribution in [3.63, 3.8) is 0 Å². The number of anilines is 1. The first-order valence-electron chi connectivity index (χ1n) is 4.92. The SMILES string of the molecule is Cc1nc(C)c(C(=O)Nc2cc(Br)nn2C)o1. The molecule has 90 valence electrons. The Bertz CT molecular complexity index is 573. The van der Waals surface area contributed by atoms with Gasteiger partial charge < -0.3 is 9.73 Å². The Morgan fingerprint density at radius 3 is 2.71 bits per heavy atom. The van der Waals surface area contributed by atoms with Crippen molar-refractivity contribution in [3.05, 3.63) is 28.0 Å². The largest absolute Gasteiger partial charge is 0.436 e. The van der Waals surface area contributed by atoms with Crippen LogP contribution in [0.3, 0.4) is 0 Å². The van der Waals surface area contributed by atoms with Crippen molar-refractivity contribution in [2.45, 2.75) is 13.8 Å². The van der Waals surface area contributed by atoms with Crippen LogP contribution in [-0.4, -0.2) is 20.7 Å². The number of halogens is 1. The van der Waals surface area contributed by atoms with E-state index in [4.69, 9.17) is 4.42 Å². The smallest absolute Gasteiger partial charge is 0.294 e. The Morgan fingerprint density at radius 1 is 1.53 bits per heavy atom. The van der Waals surface area contributed by atoms with Crippen LogP contribution in [0.25, 0.3) is 0 Å². The number of nitrogens with zero attached hydrogens (tertiary/aromatic N) is 3. The summed E-state index contributed by atoms with van der Waals surface area (Å²) in [7, 11) is 1.73. The predicted molar refractivity (Wildman–Crippen MR) is 64.8 cm³/mol. The molecular weight excluding hydrogens is 288 g/mol. The molecule has 0 bridgehead atoms. The van der Waals surface area contributed by atoms with E-state index in [1.165, 1.54) is 0 Å². The van der Waals surface area contributed by atoms with Gasteiger partial charge in [0.25, 0.3) is 5.91 Å². The third-order valence-corrected chi connectivity index (χ3v) is 2.59. The molecule has 0 saturated carbocycles. The minimum absolute atomic E-state index is 0.222. The van der Waals surface area contributed by atoms with Gasteiger partial charge in [-0.3, -0.25) is 9.48 Å². The summed E-state index contributed by atoms with van der Waals surface area (Å²) in [6, 6.07) is 1.70. The van der Waals surface area contributed by atoms with E-state index in [0.29, 0.717) is 22.0 Å². The summed E-state index contributed by atoms with van der Waals surface area (Å²) >= 11 is 3.23. The van der Waals surface area contributed by atoms with Crippen LogP contribution in [0.4, 0.5) is 5.82 Å². The highest BCUT2D eigenvalue weighted by molar-refractivity contribution is 9.10. The molecule has 0 unspecified atom stereocenters. The number of aromatic nitrogens is 3. The second-order valence-electron chi connectivity index (χ2n) is 3.58. The van der Waals surface area contributed by atoms with E-state index in [0.717, 1.165) is 0 Å². The lowest BCUT2D eigenvalue weighted by Crippen LogP contribution is -2.14. The van der Waals surface area contributed by atoms with E-state index in [2.05, 4.69) is 31.3 Å². The molecule has 0 aromatic carbocycles. The summed E-state index contributed by atoms with van der Waals surface area (Å²) in [6.45, 7) is 3.43. The normalized spacial score (nSPS) is 10.6. The molecule has 0 aliphatic rings. The van der Waals surface area contributed by atoms with Gasteiger partial charge in [-0.2, -0.15) is 5.10 Å². The van der Waals surface area contributed by atoms with Gasteiger partial charge in [-0.05, 0) is 22.9 Å². The third kappa shape index (κ3) is 2.38. The van der Waals surface area contributed by atoms with E-state index in [1.807, 2.05) is 0 Å². The van der Waals surface area contributed by atoms with Crippen molar-refractivity contribution in [3.8, 4) is 0 Å². The molecule has 2 aromatic heterocycles. The van der Waals surface area contributed by atoms with Crippen LogP contribution in [0.15, 0.2) is 15.1 Å². The van der Waals surface area contributed by atoms with E-state index in [9.17, 15) is 4.79 Å². The highest BCUT2D eigenvalue weighted by Crippen LogP contribution is 2.16. The summed E-state index contributed by atoms with van der Waals surface area (Å²) in [6.07, 6.45) is 0. The zero-order chi connectivity index (χ0) is 12.6. The number of aryl methyl sites for hydroxylation is 3. The van der Waals surface area contributed by atoms with Crippen LogP contribution in [0, 0.1) is 13.8 Å². The second-order valence-corrected chi connectivity index (χ2v) is 4.39. The van der Waals surface area contributed by atoms with Crippen LogP contribution < -0.4 is 5.32 Å². The Labute approximate surface area is 106 Å². The van der Waals surface area contributed by atoms with Gasteiger partial charge in [0.1, 0.15) is 10.4 Å².